The SMILES string of the molecule is COc1cc(CCC(=O)N2CCC(c3cc4ncc(C)nc4[nH]3)C2)on1. The number of aromatic amines is 1. The van der Waals surface area contributed by atoms with Crippen LogP contribution in [0.1, 0.15) is 35.9 Å². The molecule has 1 atom stereocenters. The summed E-state index contributed by atoms with van der Waals surface area (Å²) in [5.41, 5.74) is 3.66. The number of aryl methyl sites for hydroxylation is 2. The lowest BCUT2D eigenvalue weighted by Gasteiger charge is -2.15. The van der Waals surface area contributed by atoms with Crippen LogP contribution in [0.5, 0.6) is 5.88 Å². The van der Waals surface area contributed by atoms with E-state index in [1.807, 2.05) is 17.9 Å². The van der Waals surface area contributed by atoms with Gasteiger partial charge in [-0.25, -0.2) is 4.98 Å². The predicted molar refractivity (Wildman–Crippen MR) is 93.9 cm³/mol. The number of nitrogens with one attached hydrogen (secondary N) is 1. The third-order valence-electron chi connectivity index (χ3n) is 4.79. The first-order valence-electron chi connectivity index (χ1n) is 8.72. The number of carbonyl (C=O) groups is 1. The number of likely N-dealkylation sites (tertiary alicyclic amines) is 1. The maximum Gasteiger partial charge on any atom is 0.254 e. The molecular formula is C18H21N5O3. The minimum absolute atomic E-state index is 0.131. The lowest BCUT2D eigenvalue weighted by molar-refractivity contribution is -0.130. The summed E-state index contributed by atoms with van der Waals surface area (Å²) in [6, 6.07) is 3.76. The number of nitrogens with zero attached hydrogens (tertiary/aromatic N) is 4. The van der Waals surface area contributed by atoms with E-state index >= 15 is 0 Å². The first kappa shape index (κ1) is 16.6. The Hall–Kier alpha value is -2.90. The van der Waals surface area contributed by atoms with Crippen molar-refractivity contribution in [3.8, 4) is 5.88 Å². The van der Waals surface area contributed by atoms with Crippen molar-refractivity contribution in [1.29, 1.82) is 0 Å². The van der Waals surface area contributed by atoms with Gasteiger partial charge in [-0.1, -0.05) is 0 Å². The molecule has 0 spiro atoms. The van der Waals surface area contributed by atoms with E-state index in [2.05, 4.69) is 20.1 Å². The van der Waals surface area contributed by atoms with E-state index in [1.54, 1.807) is 12.3 Å². The lowest BCUT2D eigenvalue weighted by Crippen LogP contribution is -2.28. The van der Waals surface area contributed by atoms with Crippen LogP contribution in [0.25, 0.3) is 11.2 Å². The zero-order chi connectivity index (χ0) is 18.1. The van der Waals surface area contributed by atoms with Gasteiger partial charge in [-0.2, -0.15) is 0 Å². The molecule has 0 aromatic carbocycles. The molecule has 1 N–H and O–H groups in total. The number of H-pyrrole nitrogens is 1. The molecule has 0 radical (unpaired) electrons. The fourth-order valence-corrected chi connectivity index (χ4v) is 3.36. The number of amides is 1. The quantitative estimate of drug-likeness (QED) is 0.754. The molecule has 26 heavy (non-hydrogen) atoms. The van der Waals surface area contributed by atoms with Crippen LogP contribution >= 0.6 is 0 Å². The number of hydrogen-bond acceptors (Lipinski definition) is 6. The molecular weight excluding hydrogens is 334 g/mol. The van der Waals surface area contributed by atoms with E-state index in [-0.39, 0.29) is 5.91 Å². The minimum atomic E-state index is 0.131. The van der Waals surface area contributed by atoms with Crippen LogP contribution in [-0.4, -0.2) is 51.1 Å². The van der Waals surface area contributed by atoms with Gasteiger partial charge in [-0.3, -0.25) is 9.78 Å². The molecule has 0 aliphatic carbocycles. The highest BCUT2D eigenvalue weighted by molar-refractivity contribution is 5.77. The monoisotopic (exact) mass is 355 g/mol. The van der Waals surface area contributed by atoms with Crippen molar-refractivity contribution in [2.24, 2.45) is 0 Å². The smallest absolute Gasteiger partial charge is 0.254 e. The second-order valence-corrected chi connectivity index (χ2v) is 6.63. The van der Waals surface area contributed by atoms with Crippen molar-refractivity contribution >= 4 is 17.1 Å². The molecule has 3 aromatic heterocycles. The highest BCUT2D eigenvalue weighted by Crippen LogP contribution is 2.28. The van der Waals surface area contributed by atoms with Gasteiger partial charge in [0.05, 0.1) is 12.8 Å². The first-order valence-corrected chi connectivity index (χ1v) is 8.72. The Morgan fingerprint density at radius 3 is 3.15 bits per heavy atom. The van der Waals surface area contributed by atoms with Gasteiger partial charge in [0.2, 0.25) is 5.91 Å². The Balaban J connectivity index is 1.36. The molecule has 3 aromatic rings. The predicted octanol–water partition coefficient (Wildman–Crippen LogP) is 2.21. The van der Waals surface area contributed by atoms with E-state index in [0.717, 1.165) is 35.5 Å². The average molecular weight is 355 g/mol. The highest BCUT2D eigenvalue weighted by Gasteiger charge is 2.28. The second kappa shape index (κ2) is 6.78. The molecule has 8 heteroatoms. The normalized spacial score (nSPS) is 17.2. The molecule has 1 fully saturated rings. The molecule has 4 rings (SSSR count). The van der Waals surface area contributed by atoms with Crippen LogP contribution in [0.15, 0.2) is 22.9 Å². The minimum Gasteiger partial charge on any atom is -0.479 e. The van der Waals surface area contributed by atoms with E-state index in [0.29, 0.717) is 36.9 Å². The van der Waals surface area contributed by atoms with E-state index in [4.69, 9.17) is 9.26 Å². The van der Waals surface area contributed by atoms with E-state index < -0.39 is 0 Å². The van der Waals surface area contributed by atoms with Gasteiger partial charge in [0.15, 0.2) is 5.65 Å². The molecule has 1 aliphatic rings. The maximum absolute atomic E-state index is 12.5. The first-order chi connectivity index (χ1) is 12.6. The Morgan fingerprint density at radius 2 is 2.35 bits per heavy atom. The Labute approximate surface area is 150 Å². The number of ether oxygens (including phenoxy) is 1. The second-order valence-electron chi connectivity index (χ2n) is 6.63. The van der Waals surface area contributed by atoms with Crippen molar-refractivity contribution < 1.29 is 14.1 Å². The number of rotatable bonds is 5. The van der Waals surface area contributed by atoms with Gasteiger partial charge in [0.1, 0.15) is 11.3 Å². The Kier molecular flexibility index (Phi) is 4.32. The van der Waals surface area contributed by atoms with Crippen LogP contribution in [0, 0.1) is 6.92 Å². The molecule has 4 heterocycles. The summed E-state index contributed by atoms with van der Waals surface area (Å²) in [7, 11) is 1.54. The molecule has 1 aliphatic heterocycles. The van der Waals surface area contributed by atoms with Crippen LogP contribution < -0.4 is 4.74 Å². The number of hydrogen-bond donors (Lipinski definition) is 1. The van der Waals surface area contributed by atoms with Crippen molar-refractivity contribution in [3.05, 3.63) is 35.5 Å². The van der Waals surface area contributed by atoms with E-state index in [1.165, 1.54) is 7.11 Å². The third kappa shape index (κ3) is 3.26. The zero-order valence-corrected chi connectivity index (χ0v) is 14.9. The number of fused-ring (bicyclic) bond motifs is 1. The fourth-order valence-electron chi connectivity index (χ4n) is 3.36. The summed E-state index contributed by atoms with van der Waals surface area (Å²) in [5, 5.41) is 3.75. The number of carbonyl (C=O) groups excluding carboxylic acids is 1. The van der Waals surface area contributed by atoms with Gasteiger partial charge < -0.3 is 19.1 Å². The van der Waals surface area contributed by atoms with Crippen molar-refractivity contribution in [2.45, 2.75) is 32.1 Å². The Bertz CT molecular complexity index is 932. The summed E-state index contributed by atoms with van der Waals surface area (Å²) < 4.78 is 10.1. The largest absolute Gasteiger partial charge is 0.479 e. The molecule has 0 saturated carbocycles. The molecule has 1 unspecified atom stereocenters. The lowest BCUT2D eigenvalue weighted by atomic mass is 10.1. The summed E-state index contributed by atoms with van der Waals surface area (Å²) in [5.74, 6) is 1.52. The summed E-state index contributed by atoms with van der Waals surface area (Å²) in [6.45, 7) is 3.40. The number of methoxy groups -OCH3 is 1. The number of aromatic nitrogens is 4. The van der Waals surface area contributed by atoms with Crippen LogP contribution in [-0.2, 0) is 11.2 Å². The topological polar surface area (TPSA) is 97.1 Å². The van der Waals surface area contributed by atoms with Gasteiger partial charge in [0, 0.05) is 49.8 Å². The van der Waals surface area contributed by atoms with E-state index in [9.17, 15) is 4.79 Å². The average Bonchev–Trinajstić information content (AvgIpc) is 3.37. The molecule has 1 saturated heterocycles. The summed E-state index contributed by atoms with van der Waals surface area (Å²) in [4.78, 5) is 26.6. The summed E-state index contributed by atoms with van der Waals surface area (Å²) in [6.07, 6.45) is 3.63. The van der Waals surface area contributed by atoms with Crippen molar-refractivity contribution in [3.63, 3.8) is 0 Å². The van der Waals surface area contributed by atoms with Crippen LogP contribution in [0.2, 0.25) is 0 Å². The molecule has 8 nitrogen and oxygen atoms in total. The Morgan fingerprint density at radius 1 is 1.46 bits per heavy atom. The van der Waals surface area contributed by atoms with Crippen LogP contribution in [0.4, 0.5) is 0 Å². The van der Waals surface area contributed by atoms with Gasteiger partial charge in [-0.15, -0.1) is 0 Å². The van der Waals surface area contributed by atoms with Gasteiger partial charge in [0.25, 0.3) is 5.88 Å². The zero-order valence-electron chi connectivity index (χ0n) is 14.9. The van der Waals surface area contributed by atoms with Gasteiger partial charge in [-0.05, 0) is 24.6 Å². The maximum atomic E-state index is 12.5. The van der Waals surface area contributed by atoms with Crippen molar-refractivity contribution in [1.82, 2.24) is 25.0 Å². The van der Waals surface area contributed by atoms with Gasteiger partial charge >= 0.3 is 0 Å². The fraction of sp³-hybridized carbons (Fsp3) is 0.444. The summed E-state index contributed by atoms with van der Waals surface area (Å²) >= 11 is 0. The molecule has 1 amide bonds. The molecule has 0 bridgehead atoms. The van der Waals surface area contributed by atoms with Crippen LogP contribution in [0.3, 0.4) is 0 Å². The third-order valence-corrected chi connectivity index (χ3v) is 4.79. The molecule has 136 valence electrons. The van der Waals surface area contributed by atoms with Crippen molar-refractivity contribution in [2.75, 3.05) is 20.2 Å². The standard InChI is InChI=1S/C18H21N5O3/c1-11-9-19-15-8-14(21-18(15)20-11)12-5-6-23(10-12)17(24)4-3-13-7-16(25-2)22-26-13/h7-9,12H,3-6,10H2,1-2H3,(H,20,21). The highest BCUT2D eigenvalue weighted by atomic mass is 16.5.